The van der Waals surface area contributed by atoms with Crippen molar-refractivity contribution >= 4 is 17.8 Å². The van der Waals surface area contributed by atoms with Crippen molar-refractivity contribution in [3.05, 3.63) is 65.2 Å². The van der Waals surface area contributed by atoms with Gasteiger partial charge < -0.3 is 9.47 Å². The molecule has 0 aliphatic heterocycles. The van der Waals surface area contributed by atoms with E-state index in [1.807, 2.05) is 19.9 Å². The maximum atomic E-state index is 11.9. The molecule has 7 nitrogen and oxygen atoms in total. The van der Waals surface area contributed by atoms with Crippen LogP contribution in [0.4, 0.5) is 0 Å². The number of benzene rings is 2. The molecule has 2 N–H and O–H groups in total. The van der Waals surface area contributed by atoms with E-state index in [1.165, 1.54) is 0 Å². The molecule has 0 saturated heterocycles. The van der Waals surface area contributed by atoms with Gasteiger partial charge in [-0.3, -0.25) is 20.4 Å². The number of amides is 2. The number of esters is 1. The molecule has 0 spiro atoms. The first-order chi connectivity index (χ1) is 13.0. The lowest BCUT2D eigenvalue weighted by molar-refractivity contribution is -0.123. The van der Waals surface area contributed by atoms with Crippen LogP contribution in [0.1, 0.15) is 39.6 Å². The van der Waals surface area contributed by atoms with Crippen molar-refractivity contribution in [2.75, 3.05) is 13.2 Å². The Morgan fingerprint density at radius 3 is 2.37 bits per heavy atom. The predicted molar refractivity (Wildman–Crippen MR) is 99.3 cm³/mol. The van der Waals surface area contributed by atoms with Crippen LogP contribution in [0.25, 0.3) is 0 Å². The predicted octanol–water partition coefficient (Wildman–Crippen LogP) is 2.40. The molecule has 0 unspecified atom stereocenters. The van der Waals surface area contributed by atoms with Crippen LogP contribution in [-0.4, -0.2) is 31.0 Å². The Morgan fingerprint density at radius 2 is 1.70 bits per heavy atom. The van der Waals surface area contributed by atoms with Crippen LogP contribution in [0, 0.1) is 6.92 Å². The summed E-state index contributed by atoms with van der Waals surface area (Å²) in [4.78, 5) is 35.4. The average molecular weight is 370 g/mol. The topological polar surface area (TPSA) is 93.7 Å². The zero-order valence-corrected chi connectivity index (χ0v) is 15.3. The number of ether oxygens (including phenoxy) is 2. The first-order valence-electron chi connectivity index (χ1n) is 8.55. The third-order valence-electron chi connectivity index (χ3n) is 3.49. The van der Waals surface area contributed by atoms with E-state index in [-0.39, 0.29) is 6.61 Å². The highest BCUT2D eigenvalue weighted by Gasteiger charge is 2.09. The third-order valence-corrected chi connectivity index (χ3v) is 3.49. The van der Waals surface area contributed by atoms with Crippen molar-refractivity contribution in [3.8, 4) is 5.75 Å². The lowest BCUT2D eigenvalue weighted by Crippen LogP contribution is -2.43. The van der Waals surface area contributed by atoms with Crippen LogP contribution in [0.3, 0.4) is 0 Å². The van der Waals surface area contributed by atoms with Crippen molar-refractivity contribution in [2.24, 2.45) is 0 Å². The molecule has 0 atom stereocenters. The first-order valence-corrected chi connectivity index (χ1v) is 8.55. The van der Waals surface area contributed by atoms with E-state index in [0.29, 0.717) is 23.5 Å². The van der Waals surface area contributed by atoms with Crippen molar-refractivity contribution in [2.45, 2.75) is 20.3 Å². The standard InChI is InChI=1S/C20H22N2O5/c1-3-11-26-20(25)15-7-9-17(10-8-15)27-13-18(23)21-22-19(24)16-6-4-5-14(2)12-16/h4-10,12H,3,11,13H2,1-2H3,(H,21,23)(H,22,24). The smallest absolute Gasteiger partial charge is 0.338 e. The Balaban J connectivity index is 1.76. The molecule has 0 bridgehead atoms. The molecule has 142 valence electrons. The van der Waals surface area contributed by atoms with E-state index in [2.05, 4.69) is 10.9 Å². The van der Waals surface area contributed by atoms with Crippen LogP contribution in [0.5, 0.6) is 5.75 Å². The van der Waals surface area contributed by atoms with Gasteiger partial charge in [-0.25, -0.2) is 4.79 Å². The van der Waals surface area contributed by atoms with E-state index >= 15 is 0 Å². The fourth-order valence-electron chi connectivity index (χ4n) is 2.14. The number of hydrazine groups is 1. The van der Waals surface area contributed by atoms with Crippen molar-refractivity contribution in [1.29, 1.82) is 0 Å². The maximum absolute atomic E-state index is 11.9. The highest BCUT2D eigenvalue weighted by molar-refractivity contribution is 5.95. The Bertz CT molecular complexity index is 802. The van der Waals surface area contributed by atoms with Gasteiger partial charge >= 0.3 is 5.97 Å². The quantitative estimate of drug-likeness (QED) is 0.577. The Labute approximate surface area is 157 Å². The average Bonchev–Trinajstić information content (AvgIpc) is 2.69. The second-order valence-corrected chi connectivity index (χ2v) is 5.82. The van der Waals surface area contributed by atoms with Crippen LogP contribution >= 0.6 is 0 Å². The third kappa shape index (κ3) is 6.47. The van der Waals surface area contributed by atoms with Crippen LogP contribution in [0.2, 0.25) is 0 Å². The Hall–Kier alpha value is -3.35. The number of hydrogen-bond acceptors (Lipinski definition) is 5. The van der Waals surface area contributed by atoms with E-state index < -0.39 is 17.8 Å². The minimum atomic E-state index is -0.512. The highest BCUT2D eigenvalue weighted by atomic mass is 16.5. The van der Waals surface area contributed by atoms with E-state index in [1.54, 1.807) is 42.5 Å². The SMILES string of the molecule is CCCOC(=O)c1ccc(OCC(=O)NNC(=O)c2cccc(C)c2)cc1. The lowest BCUT2D eigenvalue weighted by Gasteiger charge is -2.09. The molecule has 0 aliphatic rings. The summed E-state index contributed by atoms with van der Waals surface area (Å²) >= 11 is 0. The largest absolute Gasteiger partial charge is 0.484 e. The van der Waals surface area contributed by atoms with Crippen molar-refractivity contribution in [1.82, 2.24) is 10.9 Å². The summed E-state index contributed by atoms with van der Waals surface area (Å²) in [5.41, 5.74) is 6.41. The summed E-state index contributed by atoms with van der Waals surface area (Å²) in [6.07, 6.45) is 0.752. The summed E-state index contributed by atoms with van der Waals surface area (Å²) in [6, 6.07) is 13.3. The summed E-state index contributed by atoms with van der Waals surface area (Å²) in [7, 11) is 0. The van der Waals surface area contributed by atoms with Gasteiger partial charge in [0.05, 0.1) is 12.2 Å². The second kappa shape index (κ2) is 9.96. The van der Waals surface area contributed by atoms with Gasteiger partial charge in [-0.2, -0.15) is 0 Å². The molecule has 0 heterocycles. The Morgan fingerprint density at radius 1 is 0.963 bits per heavy atom. The monoisotopic (exact) mass is 370 g/mol. The van der Waals surface area contributed by atoms with Crippen LogP contribution in [-0.2, 0) is 9.53 Å². The van der Waals surface area contributed by atoms with Gasteiger partial charge in [-0.1, -0.05) is 24.6 Å². The number of hydrogen-bond donors (Lipinski definition) is 2. The fraction of sp³-hybridized carbons (Fsp3) is 0.250. The Kier molecular flexibility index (Phi) is 7.37. The van der Waals surface area contributed by atoms with Gasteiger partial charge in [0.1, 0.15) is 5.75 Å². The highest BCUT2D eigenvalue weighted by Crippen LogP contribution is 2.13. The molecular formula is C20H22N2O5. The maximum Gasteiger partial charge on any atom is 0.338 e. The zero-order valence-electron chi connectivity index (χ0n) is 15.3. The molecule has 0 radical (unpaired) electrons. The molecule has 2 aromatic rings. The molecule has 2 rings (SSSR count). The van der Waals surface area contributed by atoms with E-state index in [4.69, 9.17) is 9.47 Å². The van der Waals surface area contributed by atoms with Crippen LogP contribution in [0.15, 0.2) is 48.5 Å². The minimum absolute atomic E-state index is 0.284. The summed E-state index contributed by atoms with van der Waals surface area (Å²) in [5.74, 6) is -0.911. The van der Waals surface area contributed by atoms with Gasteiger partial charge in [0.25, 0.3) is 11.8 Å². The number of aryl methyl sites for hydroxylation is 1. The first kappa shape index (κ1) is 20.0. The summed E-state index contributed by atoms with van der Waals surface area (Å²) in [6.45, 7) is 3.87. The molecule has 7 heteroatoms. The summed E-state index contributed by atoms with van der Waals surface area (Å²) < 4.78 is 10.4. The van der Waals surface area contributed by atoms with E-state index in [9.17, 15) is 14.4 Å². The molecule has 0 aliphatic carbocycles. The molecule has 0 saturated carbocycles. The molecule has 0 fully saturated rings. The molecular weight excluding hydrogens is 348 g/mol. The lowest BCUT2D eigenvalue weighted by atomic mass is 10.1. The van der Waals surface area contributed by atoms with Gasteiger partial charge in [-0.15, -0.1) is 0 Å². The van der Waals surface area contributed by atoms with Gasteiger partial charge in [0.15, 0.2) is 6.61 Å². The molecule has 27 heavy (non-hydrogen) atoms. The molecule has 2 aromatic carbocycles. The number of carbonyl (C=O) groups excluding carboxylic acids is 3. The van der Waals surface area contributed by atoms with Gasteiger partial charge in [0.2, 0.25) is 0 Å². The normalized spacial score (nSPS) is 10.0. The number of nitrogens with one attached hydrogen (secondary N) is 2. The zero-order chi connectivity index (χ0) is 19.6. The fourth-order valence-corrected chi connectivity index (χ4v) is 2.14. The van der Waals surface area contributed by atoms with E-state index in [0.717, 1.165) is 12.0 Å². The number of carbonyl (C=O) groups is 3. The molecule has 2 amide bonds. The van der Waals surface area contributed by atoms with Crippen molar-refractivity contribution < 1.29 is 23.9 Å². The minimum Gasteiger partial charge on any atom is -0.484 e. The van der Waals surface area contributed by atoms with Crippen LogP contribution < -0.4 is 15.6 Å². The van der Waals surface area contributed by atoms with Crippen molar-refractivity contribution in [3.63, 3.8) is 0 Å². The number of rotatable bonds is 7. The molecule has 0 aromatic heterocycles. The van der Waals surface area contributed by atoms with Gasteiger partial charge in [0, 0.05) is 5.56 Å². The summed E-state index contributed by atoms with van der Waals surface area (Å²) in [5, 5.41) is 0. The van der Waals surface area contributed by atoms with Gasteiger partial charge in [-0.05, 0) is 49.7 Å². The second-order valence-electron chi connectivity index (χ2n) is 5.82.